The Morgan fingerprint density at radius 2 is 2.00 bits per heavy atom. The lowest BCUT2D eigenvalue weighted by molar-refractivity contribution is -0.148. The number of aliphatic hydroxyl groups is 1. The second-order valence-corrected chi connectivity index (χ2v) is 2.50. The monoisotopic (exact) mass is 175 g/mol. The van der Waals surface area contributed by atoms with Gasteiger partial charge in [-0.2, -0.15) is 0 Å². The van der Waals surface area contributed by atoms with E-state index >= 15 is 0 Å². The van der Waals surface area contributed by atoms with E-state index in [1.54, 1.807) is 0 Å². The predicted octanol–water partition coefficient (Wildman–Crippen LogP) is -0.700. The van der Waals surface area contributed by atoms with Crippen molar-refractivity contribution in [2.75, 3.05) is 13.7 Å². The van der Waals surface area contributed by atoms with Crippen molar-refractivity contribution < 1.29 is 19.8 Å². The first-order valence-corrected chi connectivity index (χ1v) is 3.57. The van der Waals surface area contributed by atoms with Gasteiger partial charge in [0.15, 0.2) is 0 Å². The van der Waals surface area contributed by atoms with Gasteiger partial charge in [-0.25, -0.2) is 4.79 Å². The summed E-state index contributed by atoms with van der Waals surface area (Å²) in [5.74, 6) is -1.42. The fraction of sp³-hybridized carbons (Fsp3) is 0.714. The summed E-state index contributed by atoms with van der Waals surface area (Å²) in [6.45, 7) is 1.04. The van der Waals surface area contributed by atoms with Crippen LogP contribution in [0, 0.1) is 0 Å². The van der Waals surface area contributed by atoms with E-state index in [1.807, 2.05) is 0 Å². The Labute approximate surface area is 70.6 Å². The molecule has 0 aliphatic carbocycles. The molecule has 0 bridgehead atoms. The van der Waals surface area contributed by atoms with E-state index in [0.29, 0.717) is 0 Å². The Morgan fingerprint density at radius 3 is 2.25 bits per heavy atom. The summed E-state index contributed by atoms with van der Waals surface area (Å²) in [7, 11) is 1.40. The van der Waals surface area contributed by atoms with Crippen LogP contribution in [0.4, 0.5) is 0 Å². The van der Waals surface area contributed by atoms with Crippen molar-refractivity contribution in [1.29, 1.82) is 0 Å². The molecule has 1 amide bonds. The first-order chi connectivity index (χ1) is 5.50. The molecule has 70 valence electrons. The lowest BCUT2D eigenvalue weighted by atomic mass is 10.2. The number of rotatable bonds is 4. The van der Waals surface area contributed by atoms with Crippen LogP contribution in [0.1, 0.15) is 13.3 Å². The summed E-state index contributed by atoms with van der Waals surface area (Å²) in [5, 5.41) is 17.1. The molecule has 12 heavy (non-hydrogen) atoms. The molecule has 0 aromatic rings. The maximum Gasteiger partial charge on any atom is 0.326 e. The quantitative estimate of drug-likeness (QED) is 0.592. The zero-order valence-corrected chi connectivity index (χ0v) is 7.15. The average Bonchev–Trinajstić information content (AvgIpc) is 1.98. The zero-order valence-electron chi connectivity index (χ0n) is 7.15. The number of aliphatic carboxylic acids is 1. The van der Waals surface area contributed by atoms with E-state index in [2.05, 4.69) is 0 Å². The van der Waals surface area contributed by atoms with Crippen LogP contribution in [0.15, 0.2) is 0 Å². The van der Waals surface area contributed by atoms with Gasteiger partial charge in [-0.3, -0.25) is 4.79 Å². The van der Waals surface area contributed by atoms with Crippen LogP contribution in [-0.2, 0) is 9.59 Å². The maximum absolute atomic E-state index is 10.7. The summed E-state index contributed by atoms with van der Waals surface area (Å²) in [4.78, 5) is 22.4. The molecule has 0 aromatic carbocycles. The second-order valence-electron chi connectivity index (χ2n) is 2.50. The third kappa shape index (κ3) is 2.87. The van der Waals surface area contributed by atoms with Crippen LogP contribution in [0.5, 0.6) is 0 Å². The highest BCUT2D eigenvalue weighted by atomic mass is 16.4. The minimum atomic E-state index is -1.10. The van der Waals surface area contributed by atoms with Gasteiger partial charge >= 0.3 is 5.97 Å². The predicted molar refractivity (Wildman–Crippen MR) is 41.6 cm³/mol. The standard InChI is InChI=1S/C7H13NO4/c1-5(10)8(2)6(3-4-9)7(11)12/h6,9H,3-4H2,1-2H3,(H,11,12)/t6-/m0/s1. The molecule has 0 saturated heterocycles. The van der Waals surface area contributed by atoms with E-state index in [1.165, 1.54) is 14.0 Å². The van der Waals surface area contributed by atoms with Gasteiger partial charge in [0, 0.05) is 27.0 Å². The van der Waals surface area contributed by atoms with Crippen LogP contribution < -0.4 is 0 Å². The Balaban J connectivity index is 4.28. The Bertz CT molecular complexity index is 180. The molecule has 0 spiro atoms. The molecule has 5 heteroatoms. The molecule has 0 rings (SSSR count). The molecule has 0 saturated carbocycles. The number of nitrogens with zero attached hydrogens (tertiary/aromatic N) is 1. The first kappa shape index (κ1) is 10.9. The van der Waals surface area contributed by atoms with Crippen LogP contribution in [0.3, 0.4) is 0 Å². The highest BCUT2D eigenvalue weighted by Crippen LogP contribution is 2.01. The Kier molecular flexibility index (Phi) is 4.28. The zero-order chi connectivity index (χ0) is 9.72. The highest BCUT2D eigenvalue weighted by Gasteiger charge is 2.23. The lowest BCUT2D eigenvalue weighted by Crippen LogP contribution is -2.41. The average molecular weight is 175 g/mol. The van der Waals surface area contributed by atoms with Crippen molar-refractivity contribution in [2.45, 2.75) is 19.4 Å². The molecule has 2 N–H and O–H groups in total. The van der Waals surface area contributed by atoms with Gasteiger partial charge in [-0.1, -0.05) is 0 Å². The normalized spacial score (nSPS) is 12.2. The molecule has 0 radical (unpaired) electrons. The molecule has 1 atom stereocenters. The summed E-state index contributed by atoms with van der Waals surface area (Å²) in [6, 6.07) is -0.924. The number of carboxylic acid groups (broad SMARTS) is 1. The van der Waals surface area contributed by atoms with Crippen molar-refractivity contribution >= 4 is 11.9 Å². The first-order valence-electron chi connectivity index (χ1n) is 3.57. The van der Waals surface area contributed by atoms with Crippen molar-refractivity contribution in [1.82, 2.24) is 4.90 Å². The Morgan fingerprint density at radius 1 is 1.50 bits per heavy atom. The van der Waals surface area contributed by atoms with Crippen LogP contribution in [0.25, 0.3) is 0 Å². The molecule has 0 aliphatic rings. The third-order valence-corrected chi connectivity index (χ3v) is 1.65. The molecule has 0 unspecified atom stereocenters. The van der Waals surface area contributed by atoms with Gasteiger partial charge < -0.3 is 15.1 Å². The molecule has 0 aliphatic heterocycles. The minimum Gasteiger partial charge on any atom is -0.480 e. The topological polar surface area (TPSA) is 77.8 Å². The molecular weight excluding hydrogens is 162 g/mol. The minimum absolute atomic E-state index is 0.0609. The van der Waals surface area contributed by atoms with Gasteiger partial charge in [0.05, 0.1) is 0 Å². The molecule has 5 nitrogen and oxygen atoms in total. The number of carbonyl (C=O) groups excluding carboxylic acids is 1. The summed E-state index contributed by atoms with van der Waals surface area (Å²) in [5.41, 5.74) is 0. The molecular formula is C7H13NO4. The number of carbonyl (C=O) groups is 2. The fourth-order valence-electron chi connectivity index (χ4n) is 0.825. The van der Waals surface area contributed by atoms with Crippen LogP contribution >= 0.6 is 0 Å². The number of likely N-dealkylation sites (N-methyl/N-ethyl adjacent to an activating group) is 1. The maximum atomic E-state index is 10.7. The van der Waals surface area contributed by atoms with Gasteiger partial charge in [0.25, 0.3) is 0 Å². The smallest absolute Gasteiger partial charge is 0.326 e. The van der Waals surface area contributed by atoms with Crippen molar-refractivity contribution in [2.24, 2.45) is 0 Å². The van der Waals surface area contributed by atoms with Crippen LogP contribution in [0.2, 0.25) is 0 Å². The SMILES string of the molecule is CC(=O)N(C)[C@@H](CCO)C(=O)O. The lowest BCUT2D eigenvalue weighted by Gasteiger charge is -2.22. The van der Waals surface area contributed by atoms with Crippen molar-refractivity contribution in [3.8, 4) is 0 Å². The summed E-state index contributed by atoms with van der Waals surface area (Å²) >= 11 is 0. The fourth-order valence-corrected chi connectivity index (χ4v) is 0.825. The van der Waals surface area contributed by atoms with Gasteiger partial charge in [-0.05, 0) is 0 Å². The van der Waals surface area contributed by atoms with E-state index in [4.69, 9.17) is 10.2 Å². The molecule has 0 heterocycles. The number of hydrogen-bond acceptors (Lipinski definition) is 3. The third-order valence-electron chi connectivity index (χ3n) is 1.65. The second kappa shape index (κ2) is 4.71. The van der Waals surface area contributed by atoms with E-state index in [0.717, 1.165) is 4.90 Å². The number of aliphatic hydroxyl groups excluding tert-OH is 1. The van der Waals surface area contributed by atoms with E-state index in [9.17, 15) is 9.59 Å². The van der Waals surface area contributed by atoms with Gasteiger partial charge in [0.1, 0.15) is 6.04 Å². The van der Waals surface area contributed by atoms with Gasteiger partial charge in [0.2, 0.25) is 5.91 Å². The van der Waals surface area contributed by atoms with Crippen LogP contribution in [-0.4, -0.2) is 46.7 Å². The van der Waals surface area contributed by atoms with E-state index in [-0.39, 0.29) is 18.9 Å². The Hall–Kier alpha value is -1.10. The number of amides is 1. The van der Waals surface area contributed by atoms with Gasteiger partial charge in [-0.15, -0.1) is 0 Å². The molecule has 0 fully saturated rings. The number of hydrogen-bond donors (Lipinski definition) is 2. The van der Waals surface area contributed by atoms with E-state index < -0.39 is 12.0 Å². The van der Waals surface area contributed by atoms with Crippen molar-refractivity contribution in [3.63, 3.8) is 0 Å². The van der Waals surface area contributed by atoms with Crippen molar-refractivity contribution in [3.05, 3.63) is 0 Å². The summed E-state index contributed by atoms with van der Waals surface area (Å²) < 4.78 is 0. The highest BCUT2D eigenvalue weighted by molar-refractivity contribution is 5.81. The summed E-state index contributed by atoms with van der Waals surface area (Å²) in [6.07, 6.45) is 0.0609. The molecule has 0 aromatic heterocycles. The number of carboxylic acids is 1. The largest absolute Gasteiger partial charge is 0.480 e.